The second-order valence-electron chi connectivity index (χ2n) is 22.8. The highest BCUT2D eigenvalue weighted by Crippen LogP contribution is 2.43. The summed E-state index contributed by atoms with van der Waals surface area (Å²) in [7, 11) is 1.64. The van der Waals surface area contributed by atoms with Crippen LogP contribution in [0.25, 0.3) is 0 Å². The van der Waals surface area contributed by atoms with Crippen LogP contribution in [0.3, 0.4) is 0 Å². The number of phosphoric acid groups is 1. The third-order valence-corrected chi connectivity index (χ3v) is 15.6. The molecule has 9 heteroatoms. The van der Waals surface area contributed by atoms with Gasteiger partial charge in [-0.25, -0.2) is 4.57 Å². The third kappa shape index (κ3) is 55.1. The Bertz CT molecular complexity index is 1090. The summed E-state index contributed by atoms with van der Waals surface area (Å²) >= 11 is 0. The highest BCUT2D eigenvalue weighted by Gasteiger charge is 2.28. The normalized spacial score (nSPS) is 13.8. The fourth-order valence-corrected chi connectivity index (χ4v) is 10.5. The molecule has 0 aliphatic carbocycles. The zero-order valence-electron chi connectivity index (χ0n) is 47.3. The molecular weight excluding hydrogens is 876 g/mol. The van der Waals surface area contributed by atoms with Gasteiger partial charge in [0.2, 0.25) is 5.91 Å². The maximum absolute atomic E-state index is 13.0. The molecule has 0 aliphatic heterocycles. The summed E-state index contributed by atoms with van der Waals surface area (Å²) in [4.78, 5) is 23.3. The van der Waals surface area contributed by atoms with Crippen molar-refractivity contribution in [3.63, 3.8) is 0 Å². The molecule has 0 rings (SSSR count). The summed E-state index contributed by atoms with van der Waals surface area (Å²) in [6.07, 6.45) is 63.2. The van der Waals surface area contributed by atoms with E-state index in [1.54, 1.807) is 0 Å². The molecule has 3 atom stereocenters. The lowest BCUT2D eigenvalue weighted by molar-refractivity contribution is -0.870. The zero-order chi connectivity index (χ0) is 50.6. The number of aliphatic hydroxyl groups is 1. The van der Waals surface area contributed by atoms with Crippen LogP contribution >= 0.6 is 7.82 Å². The predicted molar refractivity (Wildman–Crippen MR) is 300 cm³/mol. The fourth-order valence-electron chi connectivity index (χ4n) is 9.76. The molecule has 0 bridgehead atoms. The van der Waals surface area contributed by atoms with Gasteiger partial charge in [-0.05, 0) is 12.8 Å². The van der Waals surface area contributed by atoms with Crippen LogP contribution in [0.4, 0.5) is 0 Å². The van der Waals surface area contributed by atoms with E-state index in [1.807, 2.05) is 21.1 Å². The lowest BCUT2D eigenvalue weighted by Gasteiger charge is -2.26. The molecule has 8 nitrogen and oxygen atoms in total. The van der Waals surface area contributed by atoms with Gasteiger partial charge in [-0.2, -0.15) is 0 Å². The lowest BCUT2D eigenvalue weighted by Crippen LogP contribution is -2.46. The smallest absolute Gasteiger partial charge is 0.391 e. The van der Waals surface area contributed by atoms with Crippen LogP contribution in [0, 0.1) is 0 Å². The van der Waals surface area contributed by atoms with E-state index in [4.69, 9.17) is 9.05 Å². The highest BCUT2D eigenvalue weighted by atomic mass is 31.2. The van der Waals surface area contributed by atoms with E-state index in [-0.39, 0.29) is 19.1 Å². The number of amides is 1. The Morgan fingerprint density at radius 2 is 0.696 bits per heavy atom. The van der Waals surface area contributed by atoms with E-state index >= 15 is 0 Å². The quantitative estimate of drug-likeness (QED) is 0.0318. The average molecular weight is 1000 g/mol. The van der Waals surface area contributed by atoms with Gasteiger partial charge in [0.25, 0.3) is 0 Å². The molecule has 414 valence electrons. The monoisotopic (exact) mass is 1000 g/mol. The summed E-state index contributed by atoms with van der Waals surface area (Å²) < 4.78 is 23.8. The van der Waals surface area contributed by atoms with E-state index < -0.39 is 20.0 Å². The molecule has 0 heterocycles. The Balaban J connectivity index is 3.97. The van der Waals surface area contributed by atoms with Gasteiger partial charge in [0.05, 0.1) is 39.9 Å². The van der Waals surface area contributed by atoms with Crippen LogP contribution in [0.5, 0.6) is 0 Å². The van der Waals surface area contributed by atoms with Gasteiger partial charge in [0.15, 0.2) is 0 Å². The number of phosphoric ester groups is 1. The van der Waals surface area contributed by atoms with Gasteiger partial charge in [-0.3, -0.25) is 13.8 Å². The Kier molecular flexibility index (Phi) is 52.0. The van der Waals surface area contributed by atoms with E-state index in [9.17, 15) is 19.4 Å². The molecule has 0 spiro atoms. The minimum Gasteiger partial charge on any atom is -0.391 e. The zero-order valence-corrected chi connectivity index (χ0v) is 48.2. The molecule has 0 aromatic rings. The van der Waals surface area contributed by atoms with Gasteiger partial charge in [-0.1, -0.05) is 309 Å². The first-order valence-electron chi connectivity index (χ1n) is 30.9. The number of nitrogens with zero attached hydrogens (tertiary/aromatic N) is 1. The van der Waals surface area contributed by atoms with E-state index in [2.05, 4.69) is 19.2 Å². The summed E-state index contributed by atoms with van der Waals surface area (Å²) in [5.41, 5.74) is 0. The Morgan fingerprint density at radius 3 is 0.971 bits per heavy atom. The first-order chi connectivity index (χ1) is 33.5. The maximum atomic E-state index is 13.0. The maximum Gasteiger partial charge on any atom is 0.472 e. The minimum absolute atomic E-state index is 0.0791. The largest absolute Gasteiger partial charge is 0.472 e. The molecule has 0 saturated heterocycles. The van der Waals surface area contributed by atoms with Gasteiger partial charge in [0.1, 0.15) is 13.2 Å². The second kappa shape index (κ2) is 52.4. The van der Waals surface area contributed by atoms with Crippen LogP contribution in [-0.2, 0) is 18.4 Å². The number of likely N-dealkylation sites (N-methyl/N-ethyl adjacent to an activating group) is 1. The Morgan fingerprint density at radius 1 is 0.435 bits per heavy atom. The first-order valence-corrected chi connectivity index (χ1v) is 32.4. The van der Waals surface area contributed by atoms with Crippen molar-refractivity contribution in [2.45, 2.75) is 341 Å². The highest BCUT2D eigenvalue weighted by molar-refractivity contribution is 7.47. The van der Waals surface area contributed by atoms with Crippen LogP contribution < -0.4 is 5.32 Å². The van der Waals surface area contributed by atoms with Crippen molar-refractivity contribution in [1.82, 2.24) is 5.32 Å². The molecule has 0 fully saturated rings. The SMILES string of the molecule is CCCCCCCCCCCCCCCCCCCCCCCCCCCCCCCCCC(=O)N[C@@H](COP(=O)(O)OCC[N+](C)(C)C)[C@H](O)CCCCCCCCCCCCCCCCCC. The Hall–Kier alpha value is -0.500. The van der Waals surface area contributed by atoms with Crippen LogP contribution in [0.15, 0.2) is 0 Å². The Labute approximate surface area is 431 Å². The number of nitrogens with one attached hydrogen (secondary N) is 1. The molecule has 0 aromatic carbocycles. The van der Waals surface area contributed by atoms with Gasteiger partial charge < -0.3 is 19.8 Å². The standard InChI is InChI=1S/C60H123N2O6P/c1-6-8-10-12-14-16-18-20-22-24-25-26-27-28-29-30-31-32-33-34-35-36-37-38-40-42-44-46-48-50-52-54-60(64)61-58(57-68-69(65,66)67-56-55-62(3,4)5)59(63)53-51-49-47-45-43-41-39-23-21-19-17-15-13-11-9-7-2/h58-59,63H,6-57H2,1-5H3,(H-,61,64,65,66)/p+1/t58-,59+/m0/s1. The summed E-state index contributed by atoms with van der Waals surface area (Å²) in [5, 5.41) is 14.1. The van der Waals surface area contributed by atoms with Crippen molar-refractivity contribution in [1.29, 1.82) is 0 Å². The van der Waals surface area contributed by atoms with Crippen molar-refractivity contribution in [2.75, 3.05) is 40.9 Å². The number of aliphatic hydroxyl groups excluding tert-OH is 1. The molecule has 0 aliphatic rings. The van der Waals surface area contributed by atoms with Crippen LogP contribution in [-0.4, -0.2) is 73.4 Å². The first kappa shape index (κ1) is 68.5. The number of hydrogen-bond acceptors (Lipinski definition) is 5. The van der Waals surface area contributed by atoms with Crippen molar-refractivity contribution in [3.05, 3.63) is 0 Å². The molecule has 0 saturated carbocycles. The van der Waals surface area contributed by atoms with Gasteiger partial charge in [0, 0.05) is 6.42 Å². The minimum atomic E-state index is -4.32. The van der Waals surface area contributed by atoms with Crippen molar-refractivity contribution < 1.29 is 32.9 Å². The summed E-state index contributed by atoms with van der Waals surface area (Å²) in [6, 6.07) is -0.755. The molecule has 1 amide bonds. The number of hydrogen-bond donors (Lipinski definition) is 3. The molecule has 1 unspecified atom stereocenters. The molecular formula is C60H124N2O6P+. The number of rotatable bonds is 58. The predicted octanol–water partition coefficient (Wildman–Crippen LogP) is 18.8. The van der Waals surface area contributed by atoms with Crippen LogP contribution in [0.1, 0.15) is 328 Å². The third-order valence-electron chi connectivity index (χ3n) is 14.6. The number of quaternary nitrogens is 1. The lowest BCUT2D eigenvalue weighted by atomic mass is 10.0. The van der Waals surface area contributed by atoms with Crippen molar-refractivity contribution in [3.8, 4) is 0 Å². The number of carbonyl (C=O) groups excluding carboxylic acids is 1. The van der Waals surface area contributed by atoms with Gasteiger partial charge >= 0.3 is 7.82 Å². The number of carbonyl (C=O) groups is 1. The molecule has 3 N–H and O–H groups in total. The fraction of sp³-hybridized carbons (Fsp3) is 0.983. The van der Waals surface area contributed by atoms with Crippen LogP contribution in [0.2, 0.25) is 0 Å². The number of unbranched alkanes of at least 4 members (excludes halogenated alkanes) is 45. The molecule has 0 aromatic heterocycles. The van der Waals surface area contributed by atoms with E-state index in [1.165, 1.54) is 263 Å². The summed E-state index contributed by atoms with van der Waals surface area (Å²) in [6.45, 7) is 4.95. The van der Waals surface area contributed by atoms with E-state index in [0.29, 0.717) is 23.9 Å². The van der Waals surface area contributed by atoms with Gasteiger partial charge in [-0.15, -0.1) is 0 Å². The van der Waals surface area contributed by atoms with Crippen molar-refractivity contribution >= 4 is 13.7 Å². The topological polar surface area (TPSA) is 105 Å². The average Bonchev–Trinajstić information content (AvgIpc) is 3.31. The van der Waals surface area contributed by atoms with E-state index in [0.717, 1.165) is 38.5 Å². The molecule has 0 radical (unpaired) electrons. The second-order valence-corrected chi connectivity index (χ2v) is 24.3. The molecule has 69 heavy (non-hydrogen) atoms. The summed E-state index contributed by atoms with van der Waals surface area (Å²) in [5.74, 6) is -0.135. The van der Waals surface area contributed by atoms with Crippen molar-refractivity contribution in [2.24, 2.45) is 0 Å².